The van der Waals surface area contributed by atoms with Crippen molar-refractivity contribution in [3.8, 4) is 0 Å². The van der Waals surface area contributed by atoms with Gasteiger partial charge in [0.25, 0.3) is 0 Å². The van der Waals surface area contributed by atoms with Crippen LogP contribution in [0.15, 0.2) is 24.3 Å². The van der Waals surface area contributed by atoms with Crippen molar-refractivity contribution in [3.63, 3.8) is 0 Å². The maximum Gasteiger partial charge on any atom is 0.219 e. The molecule has 0 saturated carbocycles. The summed E-state index contributed by atoms with van der Waals surface area (Å²) in [6.07, 6.45) is 6.08. The first-order valence-corrected chi connectivity index (χ1v) is 8.77. The number of likely N-dealkylation sites (tertiary alicyclic amines) is 1. The highest BCUT2D eigenvalue weighted by molar-refractivity contribution is 8.14. The van der Waals surface area contributed by atoms with Gasteiger partial charge in [-0.05, 0) is 37.9 Å². The molecule has 20 heavy (non-hydrogen) atoms. The van der Waals surface area contributed by atoms with E-state index in [1.165, 1.54) is 49.7 Å². The van der Waals surface area contributed by atoms with Crippen molar-refractivity contribution in [1.29, 1.82) is 0 Å². The molecule has 1 saturated heterocycles. The molecule has 1 aromatic rings. The Morgan fingerprint density at radius 2 is 1.95 bits per heavy atom. The number of thioether (sulfide) groups is 1. The summed E-state index contributed by atoms with van der Waals surface area (Å²) in [4.78, 5) is 14.8. The Labute approximate surface area is 126 Å². The van der Waals surface area contributed by atoms with E-state index in [-0.39, 0.29) is 5.12 Å². The van der Waals surface area contributed by atoms with E-state index in [1.54, 1.807) is 0 Å². The summed E-state index contributed by atoms with van der Waals surface area (Å²) in [6, 6.07) is 8.06. The fraction of sp³-hybridized carbons (Fsp3) is 0.588. The van der Waals surface area contributed by atoms with Crippen LogP contribution >= 0.6 is 11.8 Å². The number of carbonyl (C=O) groups excluding carboxylic acids is 1. The van der Waals surface area contributed by atoms with Gasteiger partial charge in [-0.3, -0.25) is 4.79 Å². The number of hydrogen-bond donors (Lipinski definition) is 0. The first kappa shape index (κ1) is 15.6. The Bertz CT molecular complexity index is 427. The second kappa shape index (κ2) is 8.48. The van der Waals surface area contributed by atoms with Crippen molar-refractivity contribution in [3.05, 3.63) is 35.4 Å². The molecule has 0 N–H and O–H groups in total. The van der Waals surface area contributed by atoms with Crippen LogP contribution in [0, 0.1) is 0 Å². The monoisotopic (exact) mass is 291 g/mol. The standard InChI is InChI=1S/C17H25NOS/c1-2-8-15-9-4-5-10-16(15)17(19)20-14-13-18-11-6-3-7-12-18/h4-5,9-10H,2-3,6-8,11-14H2,1H3. The molecule has 110 valence electrons. The molecule has 1 aliphatic rings. The second-order valence-electron chi connectivity index (χ2n) is 5.45. The molecule has 1 aliphatic heterocycles. The molecule has 0 amide bonds. The molecule has 2 nitrogen and oxygen atoms in total. The summed E-state index contributed by atoms with van der Waals surface area (Å²) in [7, 11) is 0. The van der Waals surface area contributed by atoms with E-state index in [1.807, 2.05) is 18.2 Å². The van der Waals surface area contributed by atoms with Crippen LogP contribution in [0.2, 0.25) is 0 Å². The van der Waals surface area contributed by atoms with E-state index in [4.69, 9.17) is 0 Å². The van der Waals surface area contributed by atoms with Gasteiger partial charge in [-0.25, -0.2) is 0 Å². The maximum absolute atomic E-state index is 12.3. The van der Waals surface area contributed by atoms with Gasteiger partial charge in [0.05, 0.1) is 0 Å². The first-order valence-electron chi connectivity index (χ1n) is 7.78. The van der Waals surface area contributed by atoms with Crippen molar-refractivity contribution < 1.29 is 4.79 Å². The Kier molecular flexibility index (Phi) is 6.61. The second-order valence-corrected chi connectivity index (χ2v) is 6.51. The van der Waals surface area contributed by atoms with Crippen LogP contribution in [0.25, 0.3) is 0 Å². The van der Waals surface area contributed by atoms with Crippen molar-refractivity contribution in [2.75, 3.05) is 25.4 Å². The van der Waals surface area contributed by atoms with Crippen LogP contribution < -0.4 is 0 Å². The molecule has 2 rings (SSSR count). The summed E-state index contributed by atoms with van der Waals surface area (Å²) in [5, 5.41) is 0.242. The number of piperidine rings is 1. The smallest absolute Gasteiger partial charge is 0.219 e. The lowest BCUT2D eigenvalue weighted by Crippen LogP contribution is -2.31. The number of hydrogen-bond acceptors (Lipinski definition) is 3. The van der Waals surface area contributed by atoms with E-state index >= 15 is 0 Å². The van der Waals surface area contributed by atoms with Crippen molar-refractivity contribution in [2.24, 2.45) is 0 Å². The zero-order chi connectivity index (χ0) is 14.2. The third-order valence-electron chi connectivity index (χ3n) is 3.85. The highest BCUT2D eigenvalue weighted by Gasteiger charge is 2.13. The average Bonchev–Trinajstić information content (AvgIpc) is 2.49. The summed E-state index contributed by atoms with van der Waals surface area (Å²) < 4.78 is 0. The summed E-state index contributed by atoms with van der Waals surface area (Å²) >= 11 is 1.48. The molecule has 1 aromatic carbocycles. The fourth-order valence-electron chi connectivity index (χ4n) is 2.73. The molecule has 0 bridgehead atoms. The minimum atomic E-state index is 0.242. The third kappa shape index (κ3) is 4.64. The Hall–Kier alpha value is -0.800. The van der Waals surface area contributed by atoms with Crippen molar-refractivity contribution in [1.82, 2.24) is 4.90 Å². The number of benzene rings is 1. The minimum Gasteiger partial charge on any atom is -0.303 e. The van der Waals surface area contributed by atoms with Gasteiger partial charge in [0, 0.05) is 17.9 Å². The minimum absolute atomic E-state index is 0.242. The van der Waals surface area contributed by atoms with E-state index in [9.17, 15) is 4.79 Å². The van der Waals surface area contributed by atoms with Gasteiger partial charge >= 0.3 is 0 Å². The predicted molar refractivity (Wildman–Crippen MR) is 87.5 cm³/mol. The van der Waals surface area contributed by atoms with Crippen LogP contribution in [0.1, 0.15) is 48.5 Å². The number of aryl methyl sites for hydroxylation is 1. The largest absolute Gasteiger partial charge is 0.303 e. The molecule has 0 spiro atoms. The number of nitrogens with zero attached hydrogens (tertiary/aromatic N) is 1. The number of carbonyl (C=O) groups is 1. The SMILES string of the molecule is CCCc1ccccc1C(=O)SCCN1CCCCC1. The van der Waals surface area contributed by atoms with Gasteiger partial charge in [0.1, 0.15) is 0 Å². The van der Waals surface area contributed by atoms with Gasteiger partial charge < -0.3 is 4.90 Å². The zero-order valence-corrected chi connectivity index (χ0v) is 13.3. The fourth-order valence-corrected chi connectivity index (χ4v) is 3.62. The predicted octanol–water partition coefficient (Wildman–Crippen LogP) is 4.00. The average molecular weight is 291 g/mol. The lowest BCUT2D eigenvalue weighted by atomic mass is 10.0. The van der Waals surface area contributed by atoms with Gasteiger partial charge in [0.15, 0.2) is 0 Å². The molecule has 0 atom stereocenters. The molecular weight excluding hydrogens is 266 g/mol. The van der Waals surface area contributed by atoms with Gasteiger partial charge in [-0.2, -0.15) is 0 Å². The lowest BCUT2D eigenvalue weighted by Gasteiger charge is -2.25. The first-order chi connectivity index (χ1) is 9.81. The van der Waals surface area contributed by atoms with Crippen molar-refractivity contribution >= 4 is 16.9 Å². The molecule has 1 fully saturated rings. The van der Waals surface area contributed by atoms with Crippen LogP contribution in [-0.4, -0.2) is 35.4 Å². The molecule has 1 heterocycles. The molecule has 0 unspecified atom stereocenters. The quantitative estimate of drug-likeness (QED) is 0.790. The van der Waals surface area contributed by atoms with Crippen LogP contribution in [0.4, 0.5) is 0 Å². The Morgan fingerprint density at radius 1 is 1.20 bits per heavy atom. The topological polar surface area (TPSA) is 20.3 Å². The zero-order valence-electron chi connectivity index (χ0n) is 12.4. The normalized spacial score (nSPS) is 16.2. The number of rotatable bonds is 6. The van der Waals surface area contributed by atoms with Crippen LogP contribution in [0.5, 0.6) is 0 Å². The summed E-state index contributed by atoms with van der Waals surface area (Å²) in [5.41, 5.74) is 2.11. The Balaban J connectivity index is 1.82. The van der Waals surface area contributed by atoms with Crippen LogP contribution in [-0.2, 0) is 6.42 Å². The van der Waals surface area contributed by atoms with Crippen LogP contribution in [0.3, 0.4) is 0 Å². The highest BCUT2D eigenvalue weighted by Crippen LogP contribution is 2.19. The molecule has 0 radical (unpaired) electrons. The highest BCUT2D eigenvalue weighted by atomic mass is 32.2. The molecular formula is C17H25NOS. The summed E-state index contributed by atoms with van der Waals surface area (Å²) in [6.45, 7) is 5.62. The van der Waals surface area contributed by atoms with E-state index in [2.05, 4.69) is 17.9 Å². The maximum atomic E-state index is 12.3. The lowest BCUT2D eigenvalue weighted by molar-refractivity contribution is 0.108. The Morgan fingerprint density at radius 3 is 2.70 bits per heavy atom. The van der Waals surface area contributed by atoms with E-state index < -0.39 is 0 Å². The van der Waals surface area contributed by atoms with Crippen molar-refractivity contribution in [2.45, 2.75) is 39.0 Å². The third-order valence-corrected chi connectivity index (χ3v) is 4.71. The molecule has 0 aliphatic carbocycles. The summed E-state index contributed by atoms with van der Waals surface area (Å²) in [5.74, 6) is 0.916. The van der Waals surface area contributed by atoms with E-state index in [0.29, 0.717) is 0 Å². The molecule has 0 aromatic heterocycles. The van der Waals surface area contributed by atoms with Gasteiger partial charge in [-0.1, -0.05) is 55.8 Å². The van der Waals surface area contributed by atoms with Gasteiger partial charge in [-0.15, -0.1) is 0 Å². The molecule has 3 heteroatoms. The van der Waals surface area contributed by atoms with Gasteiger partial charge in [0.2, 0.25) is 5.12 Å². The van der Waals surface area contributed by atoms with E-state index in [0.717, 1.165) is 30.7 Å².